The van der Waals surface area contributed by atoms with Crippen LogP contribution >= 0.6 is 0 Å². The van der Waals surface area contributed by atoms with Crippen molar-refractivity contribution in [1.29, 1.82) is 0 Å². The summed E-state index contributed by atoms with van der Waals surface area (Å²) in [5, 5.41) is 9.26. The van der Waals surface area contributed by atoms with Crippen molar-refractivity contribution in [2.45, 2.75) is 26.7 Å². The van der Waals surface area contributed by atoms with Gasteiger partial charge in [-0.05, 0) is 30.5 Å². The first kappa shape index (κ1) is 11.6. The Kier molecular flexibility index (Phi) is 3.35. The third kappa shape index (κ3) is 3.27. The molecule has 3 nitrogen and oxygen atoms in total. The number of primary amides is 1. The minimum Gasteiger partial charge on any atom is -0.508 e. The highest BCUT2D eigenvalue weighted by molar-refractivity contribution is 5.79. The Hall–Kier alpha value is -1.51. The van der Waals surface area contributed by atoms with Gasteiger partial charge in [0.05, 0.1) is 0 Å². The number of amides is 1. The highest BCUT2D eigenvalue weighted by Crippen LogP contribution is 2.23. The molecule has 0 radical (unpaired) electrons. The fourth-order valence-electron chi connectivity index (χ4n) is 1.29. The summed E-state index contributed by atoms with van der Waals surface area (Å²) in [6.07, 6.45) is 1.43. The lowest BCUT2D eigenvalue weighted by Crippen LogP contribution is -2.31. The second-order valence-corrected chi connectivity index (χ2v) is 4.42. The smallest absolute Gasteiger partial charge is 0.223 e. The molecule has 0 spiro atoms. The average molecular weight is 207 g/mol. The second kappa shape index (κ2) is 4.34. The highest BCUT2D eigenvalue weighted by atomic mass is 16.3. The summed E-state index contributed by atoms with van der Waals surface area (Å²) >= 11 is 0. The van der Waals surface area contributed by atoms with Gasteiger partial charge in [-0.2, -0.15) is 0 Å². The van der Waals surface area contributed by atoms with Crippen molar-refractivity contribution in [2.75, 3.05) is 0 Å². The van der Waals surface area contributed by atoms with E-state index in [2.05, 4.69) is 0 Å². The van der Waals surface area contributed by atoms with Gasteiger partial charge < -0.3 is 10.8 Å². The second-order valence-electron chi connectivity index (χ2n) is 4.42. The Morgan fingerprint density at radius 2 is 2.13 bits per heavy atom. The van der Waals surface area contributed by atoms with E-state index >= 15 is 0 Å². The zero-order chi connectivity index (χ0) is 11.5. The molecule has 0 heterocycles. The largest absolute Gasteiger partial charge is 0.508 e. The number of benzene rings is 1. The van der Waals surface area contributed by atoms with Gasteiger partial charge >= 0.3 is 0 Å². The molecule has 0 atom stereocenters. The molecule has 0 aromatic heterocycles. The Morgan fingerprint density at radius 1 is 1.47 bits per heavy atom. The van der Waals surface area contributed by atoms with Gasteiger partial charge in [0.25, 0.3) is 0 Å². The van der Waals surface area contributed by atoms with Crippen molar-refractivity contribution < 1.29 is 9.90 Å². The van der Waals surface area contributed by atoms with Crippen molar-refractivity contribution in [3.05, 3.63) is 29.8 Å². The zero-order valence-corrected chi connectivity index (χ0v) is 9.16. The fraction of sp³-hybridized carbons (Fsp3) is 0.417. The first-order valence-electron chi connectivity index (χ1n) is 4.99. The number of carbonyl (C=O) groups excluding carboxylic acids is 1. The Labute approximate surface area is 89.9 Å². The molecule has 1 aromatic carbocycles. The van der Waals surface area contributed by atoms with Crippen LogP contribution in [-0.4, -0.2) is 11.0 Å². The molecular formula is C12H17NO2. The molecule has 1 rings (SSSR count). The molecule has 0 fully saturated rings. The number of hydrogen-bond donors (Lipinski definition) is 2. The topological polar surface area (TPSA) is 63.3 Å². The van der Waals surface area contributed by atoms with E-state index in [-0.39, 0.29) is 11.7 Å². The number of rotatable bonds is 4. The van der Waals surface area contributed by atoms with Crippen LogP contribution in [-0.2, 0) is 11.2 Å². The molecule has 15 heavy (non-hydrogen) atoms. The van der Waals surface area contributed by atoms with Crippen molar-refractivity contribution >= 4 is 5.91 Å². The minimum absolute atomic E-state index is 0.254. The molecule has 1 aromatic rings. The molecule has 0 aliphatic rings. The van der Waals surface area contributed by atoms with Crippen LogP contribution in [0.1, 0.15) is 25.8 Å². The summed E-state index contributed by atoms with van der Waals surface area (Å²) in [5.74, 6) is -0.0352. The number of aryl methyl sites for hydroxylation is 1. The quantitative estimate of drug-likeness (QED) is 0.791. The van der Waals surface area contributed by atoms with Crippen LogP contribution in [0, 0.1) is 5.41 Å². The molecule has 1 amide bonds. The van der Waals surface area contributed by atoms with Crippen LogP contribution in [0.2, 0.25) is 0 Å². The van der Waals surface area contributed by atoms with Gasteiger partial charge in [-0.1, -0.05) is 26.0 Å². The number of phenolic OH excluding ortho intramolecular Hbond substituents is 1. The summed E-state index contributed by atoms with van der Waals surface area (Å²) < 4.78 is 0. The first-order valence-corrected chi connectivity index (χ1v) is 4.99. The fourth-order valence-corrected chi connectivity index (χ4v) is 1.29. The van der Waals surface area contributed by atoms with Gasteiger partial charge in [-0.15, -0.1) is 0 Å². The summed E-state index contributed by atoms with van der Waals surface area (Å²) in [4.78, 5) is 11.1. The molecule has 3 N–H and O–H groups in total. The van der Waals surface area contributed by atoms with Gasteiger partial charge in [0.1, 0.15) is 5.75 Å². The minimum atomic E-state index is -0.495. The molecule has 82 valence electrons. The average Bonchev–Trinajstić information content (AvgIpc) is 2.15. The van der Waals surface area contributed by atoms with Crippen LogP contribution in [0.15, 0.2) is 24.3 Å². The summed E-state index contributed by atoms with van der Waals surface area (Å²) in [7, 11) is 0. The third-order valence-electron chi connectivity index (χ3n) is 2.62. The van der Waals surface area contributed by atoms with Crippen molar-refractivity contribution in [2.24, 2.45) is 11.1 Å². The number of phenols is 1. The van der Waals surface area contributed by atoms with Gasteiger partial charge in [-0.3, -0.25) is 4.79 Å². The van der Waals surface area contributed by atoms with E-state index in [4.69, 9.17) is 5.73 Å². The van der Waals surface area contributed by atoms with Crippen LogP contribution in [0.25, 0.3) is 0 Å². The molecule has 0 unspecified atom stereocenters. The van der Waals surface area contributed by atoms with Crippen LogP contribution in [0.5, 0.6) is 5.75 Å². The lowest BCUT2D eigenvalue weighted by Gasteiger charge is -2.19. The van der Waals surface area contributed by atoms with E-state index in [0.717, 1.165) is 12.0 Å². The van der Waals surface area contributed by atoms with Gasteiger partial charge in [0, 0.05) is 5.41 Å². The number of nitrogens with two attached hydrogens (primary N) is 1. The lowest BCUT2D eigenvalue weighted by atomic mass is 9.85. The molecule has 0 saturated carbocycles. The van der Waals surface area contributed by atoms with Gasteiger partial charge in [0.2, 0.25) is 5.91 Å². The van der Waals surface area contributed by atoms with Crippen molar-refractivity contribution in [1.82, 2.24) is 0 Å². The lowest BCUT2D eigenvalue weighted by molar-refractivity contribution is -0.126. The standard InChI is InChI=1S/C12H17NO2/c1-12(2,11(13)15)7-6-9-4-3-5-10(14)8-9/h3-5,8,14H,6-7H2,1-2H3,(H2,13,15). The van der Waals surface area contributed by atoms with Crippen molar-refractivity contribution in [3.8, 4) is 5.75 Å². The summed E-state index contributed by atoms with van der Waals surface area (Å²) in [6, 6.07) is 7.05. The van der Waals surface area contributed by atoms with E-state index in [1.54, 1.807) is 18.2 Å². The Morgan fingerprint density at radius 3 is 2.67 bits per heavy atom. The maximum atomic E-state index is 11.1. The molecule has 0 bridgehead atoms. The highest BCUT2D eigenvalue weighted by Gasteiger charge is 2.24. The molecule has 0 aliphatic carbocycles. The summed E-state index contributed by atoms with van der Waals surface area (Å²) in [5.41, 5.74) is 5.80. The van der Waals surface area contributed by atoms with E-state index < -0.39 is 5.41 Å². The number of hydrogen-bond acceptors (Lipinski definition) is 2. The third-order valence-corrected chi connectivity index (χ3v) is 2.62. The van der Waals surface area contributed by atoms with Crippen LogP contribution in [0.3, 0.4) is 0 Å². The van der Waals surface area contributed by atoms with Crippen molar-refractivity contribution in [3.63, 3.8) is 0 Å². The monoisotopic (exact) mass is 207 g/mol. The van der Waals surface area contributed by atoms with E-state index in [0.29, 0.717) is 6.42 Å². The van der Waals surface area contributed by atoms with E-state index in [1.807, 2.05) is 19.9 Å². The molecule has 0 saturated heterocycles. The van der Waals surface area contributed by atoms with Crippen LogP contribution < -0.4 is 5.73 Å². The van der Waals surface area contributed by atoms with E-state index in [9.17, 15) is 9.90 Å². The van der Waals surface area contributed by atoms with Gasteiger partial charge in [0.15, 0.2) is 0 Å². The molecule has 0 aliphatic heterocycles. The van der Waals surface area contributed by atoms with Crippen LogP contribution in [0.4, 0.5) is 0 Å². The van der Waals surface area contributed by atoms with E-state index in [1.165, 1.54) is 0 Å². The number of aromatic hydroxyl groups is 1. The predicted octanol–water partition coefficient (Wildman–Crippen LogP) is 1.84. The predicted molar refractivity (Wildman–Crippen MR) is 59.4 cm³/mol. The maximum Gasteiger partial charge on any atom is 0.223 e. The van der Waals surface area contributed by atoms with Gasteiger partial charge in [-0.25, -0.2) is 0 Å². The Balaban J connectivity index is 2.61. The number of carbonyl (C=O) groups is 1. The normalized spacial score (nSPS) is 11.3. The Bertz CT molecular complexity index is 358. The first-order chi connectivity index (χ1) is 6.92. The summed E-state index contributed by atoms with van der Waals surface area (Å²) in [6.45, 7) is 3.66. The SMILES string of the molecule is CC(C)(CCc1cccc(O)c1)C(N)=O. The molecule has 3 heteroatoms. The maximum absolute atomic E-state index is 11.1. The zero-order valence-electron chi connectivity index (χ0n) is 9.16. The molecular weight excluding hydrogens is 190 g/mol.